The van der Waals surface area contributed by atoms with Gasteiger partial charge in [-0.3, -0.25) is 9.59 Å². The molecular weight excluding hydrogens is 188 g/mol. The number of hydrogen-bond acceptors (Lipinski definition) is 5. The molecule has 0 aromatic carbocycles. The fourth-order valence-corrected chi connectivity index (χ4v) is 0.630. The lowest BCUT2D eigenvalue weighted by Crippen LogP contribution is -2.20. The maximum absolute atomic E-state index is 10.9. The van der Waals surface area contributed by atoms with Crippen LogP contribution in [0.4, 0.5) is 0 Å². The highest BCUT2D eigenvalue weighted by atomic mass is 16.6. The minimum atomic E-state index is -0.838. The van der Waals surface area contributed by atoms with E-state index < -0.39 is 11.9 Å². The second-order valence-electron chi connectivity index (χ2n) is 3.08. The maximum atomic E-state index is 10.9. The van der Waals surface area contributed by atoms with Crippen molar-refractivity contribution in [2.45, 2.75) is 33.3 Å². The molecule has 0 rings (SSSR count). The van der Waals surface area contributed by atoms with E-state index in [2.05, 4.69) is 4.74 Å². The molecule has 0 aliphatic rings. The van der Waals surface area contributed by atoms with Gasteiger partial charge in [0.1, 0.15) is 18.8 Å². The molecule has 14 heavy (non-hydrogen) atoms. The van der Waals surface area contributed by atoms with Gasteiger partial charge in [-0.2, -0.15) is 0 Å². The molecule has 5 nitrogen and oxygen atoms in total. The Labute approximate surface area is 82.4 Å². The molecule has 0 saturated carbocycles. The Balaban J connectivity index is 3.72. The Morgan fingerprint density at radius 2 is 1.71 bits per heavy atom. The summed E-state index contributed by atoms with van der Waals surface area (Å²) in [4.78, 5) is 32.1. The summed E-state index contributed by atoms with van der Waals surface area (Å²) >= 11 is 0. The third-order valence-corrected chi connectivity index (χ3v) is 1.16. The van der Waals surface area contributed by atoms with Crippen molar-refractivity contribution in [3.63, 3.8) is 0 Å². The van der Waals surface area contributed by atoms with E-state index in [9.17, 15) is 14.4 Å². The van der Waals surface area contributed by atoms with E-state index >= 15 is 0 Å². The average Bonchev–Trinajstić information content (AvgIpc) is 1.98. The minimum Gasteiger partial charge on any atom is -0.391 e. The van der Waals surface area contributed by atoms with Gasteiger partial charge in [0.2, 0.25) is 0 Å². The summed E-state index contributed by atoms with van der Waals surface area (Å²) in [6.07, 6.45) is -0.488. The summed E-state index contributed by atoms with van der Waals surface area (Å²) in [6.45, 7) is 4.48. The van der Waals surface area contributed by atoms with Gasteiger partial charge in [0, 0.05) is 0 Å². The Morgan fingerprint density at radius 1 is 1.14 bits per heavy atom. The lowest BCUT2D eigenvalue weighted by Gasteiger charge is -2.05. The van der Waals surface area contributed by atoms with E-state index in [0.717, 1.165) is 0 Å². The molecule has 0 saturated heterocycles. The molecule has 0 amide bonds. The predicted molar refractivity (Wildman–Crippen MR) is 47.5 cm³/mol. The average molecular weight is 202 g/mol. The lowest BCUT2D eigenvalue weighted by atomic mass is 10.3. The van der Waals surface area contributed by atoms with E-state index in [0.29, 0.717) is 0 Å². The van der Waals surface area contributed by atoms with E-state index in [4.69, 9.17) is 4.74 Å². The van der Waals surface area contributed by atoms with Crippen LogP contribution in [0.5, 0.6) is 0 Å². The molecule has 0 atom stereocenters. The smallest absolute Gasteiger partial charge is 0.339 e. The topological polar surface area (TPSA) is 69.7 Å². The summed E-state index contributed by atoms with van der Waals surface area (Å²) in [5.74, 6) is -1.95. The normalized spacial score (nSPS) is 10.0. The van der Waals surface area contributed by atoms with Gasteiger partial charge in [-0.05, 0) is 20.8 Å². The zero-order chi connectivity index (χ0) is 11.1. The molecule has 5 heteroatoms. The van der Waals surface area contributed by atoms with Crippen LogP contribution in [0.25, 0.3) is 0 Å². The number of rotatable bonds is 5. The van der Waals surface area contributed by atoms with Crippen LogP contribution in [-0.2, 0) is 23.9 Å². The van der Waals surface area contributed by atoms with E-state index in [1.165, 1.54) is 6.92 Å². The summed E-state index contributed by atoms with van der Waals surface area (Å²) in [6, 6.07) is 0. The zero-order valence-corrected chi connectivity index (χ0v) is 8.53. The van der Waals surface area contributed by atoms with Crippen LogP contribution >= 0.6 is 0 Å². The van der Waals surface area contributed by atoms with Crippen LogP contribution in [0.1, 0.15) is 27.2 Å². The van der Waals surface area contributed by atoms with Crippen molar-refractivity contribution in [2.75, 3.05) is 6.61 Å². The van der Waals surface area contributed by atoms with Gasteiger partial charge in [0.25, 0.3) is 0 Å². The fourth-order valence-electron chi connectivity index (χ4n) is 0.630. The molecule has 80 valence electrons. The van der Waals surface area contributed by atoms with Crippen LogP contribution in [0.15, 0.2) is 0 Å². The summed E-state index contributed by atoms with van der Waals surface area (Å²) in [5, 5.41) is 0. The lowest BCUT2D eigenvalue weighted by molar-refractivity contribution is -0.163. The first-order chi connectivity index (χ1) is 6.41. The second-order valence-corrected chi connectivity index (χ2v) is 3.08. The number of ether oxygens (including phenoxy) is 2. The molecule has 0 heterocycles. The van der Waals surface area contributed by atoms with Crippen molar-refractivity contribution in [2.24, 2.45) is 0 Å². The molecule has 0 aliphatic heterocycles. The fraction of sp³-hybridized carbons (Fsp3) is 0.667. The van der Waals surface area contributed by atoms with Crippen molar-refractivity contribution in [1.82, 2.24) is 0 Å². The van der Waals surface area contributed by atoms with Crippen LogP contribution in [0.2, 0.25) is 0 Å². The molecule has 0 aromatic rings. The number of carbonyl (C=O) groups is 3. The largest absolute Gasteiger partial charge is 0.391 e. The first-order valence-corrected chi connectivity index (χ1v) is 4.26. The van der Waals surface area contributed by atoms with Gasteiger partial charge in [0.15, 0.2) is 0 Å². The number of hydrogen-bond donors (Lipinski definition) is 0. The van der Waals surface area contributed by atoms with Crippen LogP contribution in [0.3, 0.4) is 0 Å². The molecule has 0 radical (unpaired) electrons. The standard InChI is InChI=1S/C9H14O5/c1-6(2)13-5-9(12)14-8(11)4-7(3)10/h6H,4-5H2,1-3H3. The Bertz CT molecular complexity index is 231. The monoisotopic (exact) mass is 202 g/mol. The summed E-state index contributed by atoms with van der Waals surface area (Å²) < 4.78 is 9.19. The highest BCUT2D eigenvalue weighted by molar-refractivity contribution is 5.98. The molecule has 0 N–H and O–H groups in total. The third kappa shape index (κ3) is 7.42. The van der Waals surface area contributed by atoms with Crippen molar-refractivity contribution >= 4 is 17.7 Å². The number of ketones is 1. The molecular formula is C9H14O5. The van der Waals surface area contributed by atoms with Crippen molar-refractivity contribution in [3.05, 3.63) is 0 Å². The van der Waals surface area contributed by atoms with Gasteiger partial charge >= 0.3 is 11.9 Å². The molecule has 0 aliphatic carbocycles. The summed E-state index contributed by atoms with van der Waals surface area (Å²) in [5.41, 5.74) is 0. The third-order valence-electron chi connectivity index (χ3n) is 1.16. The van der Waals surface area contributed by atoms with Crippen LogP contribution in [0, 0.1) is 0 Å². The maximum Gasteiger partial charge on any atom is 0.339 e. The quantitative estimate of drug-likeness (QED) is 0.478. The molecule has 0 spiro atoms. The summed E-state index contributed by atoms with van der Waals surface area (Å²) in [7, 11) is 0. The number of carbonyl (C=O) groups excluding carboxylic acids is 3. The van der Waals surface area contributed by atoms with Crippen molar-refractivity contribution in [3.8, 4) is 0 Å². The highest BCUT2D eigenvalue weighted by Crippen LogP contribution is 1.92. The number of Topliss-reactive ketones (excluding diaryl/α,β-unsaturated/α-hetero) is 1. The SMILES string of the molecule is CC(=O)CC(=O)OC(=O)COC(C)C. The Morgan fingerprint density at radius 3 is 2.14 bits per heavy atom. The molecule has 0 aromatic heterocycles. The van der Waals surface area contributed by atoms with Gasteiger partial charge in [-0.25, -0.2) is 4.79 Å². The van der Waals surface area contributed by atoms with Crippen molar-refractivity contribution < 1.29 is 23.9 Å². The second kappa shape index (κ2) is 6.26. The van der Waals surface area contributed by atoms with Gasteiger partial charge < -0.3 is 9.47 Å². The first-order valence-electron chi connectivity index (χ1n) is 4.26. The van der Waals surface area contributed by atoms with E-state index in [-0.39, 0.29) is 24.9 Å². The highest BCUT2D eigenvalue weighted by Gasteiger charge is 2.12. The Kier molecular flexibility index (Phi) is 5.71. The molecule has 0 bridgehead atoms. The van der Waals surface area contributed by atoms with Gasteiger partial charge in [-0.15, -0.1) is 0 Å². The predicted octanol–water partition coefficient (Wildman–Crippen LogP) is 0.460. The molecule has 0 unspecified atom stereocenters. The first kappa shape index (κ1) is 12.8. The number of esters is 2. The van der Waals surface area contributed by atoms with Gasteiger partial charge in [-0.1, -0.05) is 0 Å². The molecule has 0 fully saturated rings. The van der Waals surface area contributed by atoms with E-state index in [1.807, 2.05) is 0 Å². The minimum absolute atomic E-state index is 0.106. The zero-order valence-electron chi connectivity index (χ0n) is 8.53. The van der Waals surface area contributed by atoms with Gasteiger partial charge in [0.05, 0.1) is 6.10 Å². The van der Waals surface area contributed by atoms with Crippen molar-refractivity contribution in [1.29, 1.82) is 0 Å². The van der Waals surface area contributed by atoms with Crippen LogP contribution < -0.4 is 0 Å². The van der Waals surface area contributed by atoms with Crippen LogP contribution in [-0.4, -0.2) is 30.4 Å². The Hall–Kier alpha value is -1.23. The van der Waals surface area contributed by atoms with E-state index in [1.54, 1.807) is 13.8 Å².